The second kappa shape index (κ2) is 6.17. The molecule has 2 unspecified atom stereocenters. The van der Waals surface area contributed by atoms with Crippen molar-refractivity contribution >= 4 is 15.9 Å². The molecule has 0 aromatic rings. The van der Waals surface area contributed by atoms with Gasteiger partial charge in [-0.2, -0.15) is 4.31 Å². The number of nitrogens with one attached hydrogen (secondary N) is 1. The first-order chi connectivity index (χ1) is 8.99. The third-order valence-electron chi connectivity index (χ3n) is 3.53. The molecule has 0 aromatic carbocycles. The SMILES string of the molecule is NC(=O)CN(C1CCNC1)S(=O)(=O)CC1CCCO1. The average molecular weight is 291 g/mol. The maximum absolute atomic E-state index is 12.4. The topological polar surface area (TPSA) is 102 Å². The van der Waals surface area contributed by atoms with E-state index in [1.807, 2.05) is 0 Å². The molecule has 19 heavy (non-hydrogen) atoms. The number of hydrogen-bond donors (Lipinski definition) is 2. The number of carbonyl (C=O) groups is 1. The standard InChI is InChI=1S/C11H21N3O4S/c12-11(15)7-14(9-3-4-13-6-9)19(16,17)8-10-2-1-5-18-10/h9-10,13H,1-8H2,(H2,12,15). The van der Waals surface area contributed by atoms with E-state index in [-0.39, 0.29) is 24.4 Å². The molecule has 2 saturated heterocycles. The monoisotopic (exact) mass is 291 g/mol. The Bertz CT molecular complexity index is 414. The van der Waals surface area contributed by atoms with Gasteiger partial charge in [0.15, 0.2) is 0 Å². The van der Waals surface area contributed by atoms with Gasteiger partial charge in [-0.3, -0.25) is 4.79 Å². The number of amides is 1. The quantitative estimate of drug-likeness (QED) is 0.629. The van der Waals surface area contributed by atoms with Gasteiger partial charge in [0.1, 0.15) is 0 Å². The smallest absolute Gasteiger partial charge is 0.232 e. The molecule has 1 amide bonds. The lowest BCUT2D eigenvalue weighted by Crippen LogP contribution is -2.48. The first kappa shape index (κ1) is 14.7. The van der Waals surface area contributed by atoms with Crippen molar-refractivity contribution in [1.82, 2.24) is 9.62 Å². The lowest BCUT2D eigenvalue weighted by molar-refractivity contribution is -0.118. The second-order valence-corrected chi connectivity index (χ2v) is 7.04. The summed E-state index contributed by atoms with van der Waals surface area (Å²) in [6.45, 7) is 1.69. The van der Waals surface area contributed by atoms with Gasteiger partial charge in [-0.1, -0.05) is 0 Å². The van der Waals surface area contributed by atoms with E-state index in [0.29, 0.717) is 19.6 Å². The zero-order valence-electron chi connectivity index (χ0n) is 10.9. The number of hydrogen-bond acceptors (Lipinski definition) is 5. The normalized spacial score (nSPS) is 28.1. The summed E-state index contributed by atoms with van der Waals surface area (Å²) >= 11 is 0. The van der Waals surface area contributed by atoms with Crippen LogP contribution in [0.15, 0.2) is 0 Å². The Morgan fingerprint density at radius 3 is 2.74 bits per heavy atom. The second-order valence-electron chi connectivity index (χ2n) is 5.07. The number of carbonyl (C=O) groups excluding carboxylic acids is 1. The number of ether oxygens (including phenoxy) is 1. The maximum atomic E-state index is 12.4. The van der Waals surface area contributed by atoms with Crippen molar-refractivity contribution < 1.29 is 17.9 Å². The summed E-state index contributed by atoms with van der Waals surface area (Å²) in [6.07, 6.45) is 2.10. The summed E-state index contributed by atoms with van der Waals surface area (Å²) in [5, 5.41) is 3.10. The molecular formula is C11H21N3O4S. The third-order valence-corrected chi connectivity index (χ3v) is 5.47. The van der Waals surface area contributed by atoms with Crippen molar-refractivity contribution in [2.75, 3.05) is 32.0 Å². The molecule has 8 heteroatoms. The molecule has 2 fully saturated rings. The van der Waals surface area contributed by atoms with E-state index in [1.165, 1.54) is 4.31 Å². The fourth-order valence-electron chi connectivity index (χ4n) is 2.60. The van der Waals surface area contributed by atoms with Crippen LogP contribution in [-0.4, -0.2) is 62.8 Å². The summed E-state index contributed by atoms with van der Waals surface area (Å²) in [4.78, 5) is 11.1. The van der Waals surface area contributed by atoms with Gasteiger partial charge >= 0.3 is 0 Å². The van der Waals surface area contributed by atoms with Crippen LogP contribution in [0.5, 0.6) is 0 Å². The van der Waals surface area contributed by atoms with E-state index >= 15 is 0 Å². The van der Waals surface area contributed by atoms with E-state index in [2.05, 4.69) is 5.32 Å². The Labute approximate surface area is 113 Å². The highest BCUT2D eigenvalue weighted by Gasteiger charge is 2.35. The minimum absolute atomic E-state index is 0.0587. The van der Waals surface area contributed by atoms with Crippen LogP contribution >= 0.6 is 0 Å². The molecule has 0 spiro atoms. The molecule has 3 N–H and O–H groups in total. The summed E-state index contributed by atoms with van der Waals surface area (Å²) in [6, 6.07) is -0.182. The zero-order chi connectivity index (χ0) is 13.9. The Morgan fingerprint density at radius 2 is 2.21 bits per heavy atom. The van der Waals surface area contributed by atoms with Gasteiger partial charge in [-0.25, -0.2) is 8.42 Å². The predicted octanol–water partition coefficient (Wildman–Crippen LogP) is -1.36. The van der Waals surface area contributed by atoms with Crippen LogP contribution in [0.1, 0.15) is 19.3 Å². The third kappa shape index (κ3) is 3.88. The van der Waals surface area contributed by atoms with Gasteiger partial charge in [0, 0.05) is 19.2 Å². The molecule has 2 aliphatic rings. The van der Waals surface area contributed by atoms with Crippen LogP contribution in [0.25, 0.3) is 0 Å². The molecule has 0 aromatic heterocycles. The Morgan fingerprint density at radius 1 is 1.42 bits per heavy atom. The summed E-state index contributed by atoms with van der Waals surface area (Å²) in [5.74, 6) is -0.681. The highest BCUT2D eigenvalue weighted by molar-refractivity contribution is 7.89. The largest absolute Gasteiger partial charge is 0.377 e. The fraction of sp³-hybridized carbons (Fsp3) is 0.909. The van der Waals surface area contributed by atoms with Crippen molar-refractivity contribution in [3.63, 3.8) is 0 Å². The van der Waals surface area contributed by atoms with Crippen molar-refractivity contribution in [1.29, 1.82) is 0 Å². The highest BCUT2D eigenvalue weighted by atomic mass is 32.2. The van der Waals surface area contributed by atoms with Gasteiger partial charge in [0.2, 0.25) is 15.9 Å². The first-order valence-corrected chi connectivity index (χ1v) is 8.20. The minimum Gasteiger partial charge on any atom is -0.377 e. The highest BCUT2D eigenvalue weighted by Crippen LogP contribution is 2.19. The van der Waals surface area contributed by atoms with E-state index in [9.17, 15) is 13.2 Å². The van der Waals surface area contributed by atoms with Crippen LogP contribution < -0.4 is 11.1 Å². The Kier molecular flexibility index (Phi) is 4.77. The van der Waals surface area contributed by atoms with Crippen LogP contribution in [0.3, 0.4) is 0 Å². The number of nitrogens with zero attached hydrogens (tertiary/aromatic N) is 1. The lowest BCUT2D eigenvalue weighted by atomic mass is 10.2. The van der Waals surface area contributed by atoms with E-state index in [1.54, 1.807) is 0 Å². The molecule has 0 radical (unpaired) electrons. The lowest BCUT2D eigenvalue weighted by Gasteiger charge is -2.27. The summed E-state index contributed by atoms with van der Waals surface area (Å²) in [5.41, 5.74) is 5.17. The molecule has 110 valence electrons. The number of nitrogens with two attached hydrogens (primary N) is 1. The first-order valence-electron chi connectivity index (χ1n) is 6.59. The van der Waals surface area contributed by atoms with Gasteiger partial charge in [0.05, 0.1) is 18.4 Å². The average Bonchev–Trinajstić information content (AvgIpc) is 2.96. The van der Waals surface area contributed by atoms with E-state index < -0.39 is 15.9 Å². The van der Waals surface area contributed by atoms with Crippen molar-refractivity contribution in [2.45, 2.75) is 31.4 Å². The molecule has 0 bridgehead atoms. The van der Waals surface area contributed by atoms with Crippen LogP contribution in [0.2, 0.25) is 0 Å². The molecule has 2 rings (SSSR count). The number of sulfonamides is 1. The van der Waals surface area contributed by atoms with Crippen LogP contribution in [0.4, 0.5) is 0 Å². The molecule has 7 nitrogen and oxygen atoms in total. The molecular weight excluding hydrogens is 270 g/mol. The van der Waals surface area contributed by atoms with Crippen LogP contribution in [-0.2, 0) is 19.6 Å². The van der Waals surface area contributed by atoms with Gasteiger partial charge < -0.3 is 15.8 Å². The van der Waals surface area contributed by atoms with Crippen molar-refractivity contribution in [3.05, 3.63) is 0 Å². The Hall–Kier alpha value is -0.700. The van der Waals surface area contributed by atoms with Gasteiger partial charge in [0.25, 0.3) is 0 Å². The zero-order valence-corrected chi connectivity index (χ0v) is 11.7. The predicted molar refractivity (Wildman–Crippen MR) is 69.9 cm³/mol. The van der Waals surface area contributed by atoms with E-state index in [4.69, 9.17) is 10.5 Å². The van der Waals surface area contributed by atoms with Crippen LogP contribution in [0, 0.1) is 0 Å². The molecule has 2 atom stereocenters. The fourth-order valence-corrected chi connectivity index (χ4v) is 4.48. The minimum atomic E-state index is -3.52. The summed E-state index contributed by atoms with van der Waals surface area (Å²) in [7, 11) is -3.52. The Balaban J connectivity index is 2.07. The van der Waals surface area contributed by atoms with Crippen molar-refractivity contribution in [3.8, 4) is 0 Å². The number of rotatable bonds is 6. The van der Waals surface area contributed by atoms with Gasteiger partial charge in [-0.05, 0) is 25.8 Å². The van der Waals surface area contributed by atoms with Gasteiger partial charge in [-0.15, -0.1) is 0 Å². The molecule has 0 aliphatic carbocycles. The van der Waals surface area contributed by atoms with E-state index in [0.717, 1.165) is 19.4 Å². The molecule has 0 saturated carbocycles. The molecule has 2 aliphatic heterocycles. The maximum Gasteiger partial charge on any atom is 0.232 e. The number of primary amides is 1. The van der Waals surface area contributed by atoms with Crippen molar-refractivity contribution in [2.24, 2.45) is 5.73 Å². The molecule has 2 heterocycles. The summed E-state index contributed by atoms with van der Waals surface area (Å²) < 4.78 is 31.5.